The minimum atomic E-state index is -4.74. The Hall–Kier alpha value is -1.52. The van der Waals surface area contributed by atoms with Crippen molar-refractivity contribution in [3.8, 4) is 0 Å². The van der Waals surface area contributed by atoms with E-state index in [0.717, 1.165) is 38.5 Å². The number of phosphoric acid groups is 1. The fraction of sp³-hybridized carbons (Fsp3) is 0.930. The lowest BCUT2D eigenvalue weighted by molar-refractivity contribution is -0.147. The lowest BCUT2D eigenvalue weighted by Gasteiger charge is -2.18. The van der Waals surface area contributed by atoms with Crippen molar-refractivity contribution in [2.45, 2.75) is 238 Å². The van der Waals surface area contributed by atoms with E-state index in [0.29, 0.717) is 12.8 Å². The van der Waals surface area contributed by atoms with Gasteiger partial charge >= 0.3 is 19.8 Å². The van der Waals surface area contributed by atoms with Gasteiger partial charge in [-0.25, -0.2) is 9.36 Å². The first-order chi connectivity index (χ1) is 26.6. The lowest BCUT2D eigenvalue weighted by Crippen LogP contribution is -2.43. The van der Waals surface area contributed by atoms with E-state index in [1.54, 1.807) is 0 Å². The molecule has 0 heterocycles. The van der Waals surface area contributed by atoms with Crippen molar-refractivity contribution in [2.24, 2.45) is 0 Å². The average Bonchev–Trinajstić information content (AvgIpc) is 3.16. The maximum atomic E-state index is 12.3. The third kappa shape index (κ3) is 39.1. The van der Waals surface area contributed by atoms with Crippen LogP contribution in [0.2, 0.25) is 0 Å². The Kier molecular flexibility index (Phi) is 38.2. The van der Waals surface area contributed by atoms with Gasteiger partial charge in [0.1, 0.15) is 12.7 Å². The summed E-state index contributed by atoms with van der Waals surface area (Å²) in [5.41, 5.74) is 0. The first-order valence-corrected chi connectivity index (χ1v) is 24.1. The highest BCUT2D eigenvalue weighted by molar-refractivity contribution is 7.47. The highest BCUT2D eigenvalue weighted by atomic mass is 31.2. The molecule has 3 atom stereocenters. The number of phosphoric ester groups is 1. The Labute approximate surface area is 335 Å². The van der Waals surface area contributed by atoms with Gasteiger partial charge in [-0.1, -0.05) is 200 Å². The van der Waals surface area contributed by atoms with Crippen molar-refractivity contribution in [3.05, 3.63) is 0 Å². The van der Waals surface area contributed by atoms with Gasteiger partial charge in [-0.15, -0.1) is 0 Å². The number of carbonyl (C=O) groups excluding carboxylic acids is 2. The van der Waals surface area contributed by atoms with Gasteiger partial charge in [-0.05, 0) is 12.8 Å². The second-order valence-electron chi connectivity index (χ2n) is 15.6. The SMILES string of the molecule is CCCCCCCCCCCCCCCCCCCCCCCCC(=O)NC(COP(=O)(O)OCC(O)COC(=O)CCCCCCCCCCC)C(=O)O. The maximum absolute atomic E-state index is 12.3. The van der Waals surface area contributed by atoms with E-state index in [-0.39, 0.29) is 12.8 Å². The van der Waals surface area contributed by atoms with Gasteiger partial charge in [0.05, 0.1) is 13.2 Å². The molecular weight excluding hydrogens is 721 g/mol. The van der Waals surface area contributed by atoms with Crippen LogP contribution in [-0.4, -0.2) is 64.9 Å². The van der Waals surface area contributed by atoms with Crippen molar-refractivity contribution >= 4 is 25.7 Å². The summed E-state index contributed by atoms with van der Waals surface area (Å²) in [4.78, 5) is 45.8. The molecule has 0 radical (unpaired) electrons. The van der Waals surface area contributed by atoms with Crippen LogP contribution in [0.3, 0.4) is 0 Å². The number of hydrogen-bond acceptors (Lipinski definition) is 8. The maximum Gasteiger partial charge on any atom is 0.472 e. The Balaban J connectivity index is 3.80. The van der Waals surface area contributed by atoms with E-state index < -0.39 is 57.6 Å². The molecule has 0 aromatic carbocycles. The predicted molar refractivity (Wildman–Crippen MR) is 222 cm³/mol. The van der Waals surface area contributed by atoms with Crippen LogP contribution < -0.4 is 5.32 Å². The van der Waals surface area contributed by atoms with E-state index in [9.17, 15) is 34.1 Å². The number of rotatable bonds is 43. The molecule has 0 saturated heterocycles. The molecule has 1 amide bonds. The molecule has 12 heteroatoms. The standard InChI is InChI=1S/C43H84NO10P/c1-3-5-7-9-11-13-14-15-16-17-18-19-20-21-22-23-24-25-27-28-30-32-34-41(46)44-40(43(48)49)38-54-55(50,51)53-37-39(45)36-52-42(47)35-33-31-29-26-12-10-8-6-4-2/h39-40,45H,3-38H2,1-2H3,(H,44,46)(H,48,49)(H,50,51). The lowest BCUT2D eigenvalue weighted by atomic mass is 10.0. The van der Waals surface area contributed by atoms with Crippen molar-refractivity contribution in [1.82, 2.24) is 5.32 Å². The summed E-state index contributed by atoms with van der Waals surface area (Å²) in [5, 5.41) is 21.8. The fourth-order valence-corrected chi connectivity index (χ4v) is 7.38. The second-order valence-corrected chi connectivity index (χ2v) is 17.1. The van der Waals surface area contributed by atoms with Crippen LogP contribution in [0, 0.1) is 0 Å². The van der Waals surface area contributed by atoms with E-state index in [1.807, 2.05) is 0 Å². The molecule has 0 fully saturated rings. The van der Waals surface area contributed by atoms with Crippen LogP contribution in [0.4, 0.5) is 0 Å². The van der Waals surface area contributed by atoms with Gasteiger partial charge in [-0.3, -0.25) is 18.6 Å². The number of aliphatic carboxylic acids is 1. The molecule has 0 aromatic heterocycles. The zero-order valence-electron chi connectivity index (χ0n) is 35.3. The Bertz CT molecular complexity index is 952. The summed E-state index contributed by atoms with van der Waals surface area (Å²) in [6.45, 7) is 2.59. The molecule has 11 nitrogen and oxygen atoms in total. The zero-order chi connectivity index (χ0) is 40.7. The van der Waals surface area contributed by atoms with Crippen molar-refractivity contribution in [2.75, 3.05) is 19.8 Å². The number of aliphatic hydroxyl groups is 1. The number of carboxylic acid groups (broad SMARTS) is 1. The van der Waals surface area contributed by atoms with E-state index in [4.69, 9.17) is 13.8 Å². The molecule has 55 heavy (non-hydrogen) atoms. The van der Waals surface area contributed by atoms with E-state index in [1.165, 1.54) is 148 Å². The summed E-state index contributed by atoms with van der Waals surface area (Å²) >= 11 is 0. The molecule has 0 bridgehead atoms. The van der Waals surface area contributed by atoms with Gasteiger partial charge in [0.15, 0.2) is 6.04 Å². The molecule has 0 rings (SSSR count). The Morgan fingerprint density at radius 2 is 0.836 bits per heavy atom. The van der Waals surface area contributed by atoms with Crippen LogP contribution >= 0.6 is 7.82 Å². The molecule has 0 saturated carbocycles. The number of carbonyl (C=O) groups is 3. The Morgan fingerprint density at radius 3 is 1.20 bits per heavy atom. The van der Waals surface area contributed by atoms with Crippen LogP contribution in [0.15, 0.2) is 0 Å². The van der Waals surface area contributed by atoms with Crippen LogP contribution in [0.1, 0.15) is 226 Å². The number of hydrogen-bond donors (Lipinski definition) is 4. The van der Waals surface area contributed by atoms with Gasteiger partial charge < -0.3 is 25.2 Å². The number of carboxylic acids is 1. The third-order valence-electron chi connectivity index (χ3n) is 10.1. The number of esters is 1. The highest BCUT2D eigenvalue weighted by Crippen LogP contribution is 2.43. The molecule has 3 unspecified atom stereocenters. The summed E-state index contributed by atoms with van der Waals surface area (Å²) < 4.78 is 26.8. The van der Waals surface area contributed by atoms with Crippen molar-refractivity contribution in [3.63, 3.8) is 0 Å². The molecule has 0 aliphatic heterocycles. The topological polar surface area (TPSA) is 169 Å². The van der Waals surface area contributed by atoms with Crippen molar-refractivity contribution in [1.29, 1.82) is 0 Å². The van der Waals surface area contributed by atoms with E-state index >= 15 is 0 Å². The molecule has 4 N–H and O–H groups in total. The van der Waals surface area contributed by atoms with Gasteiger partial charge in [0, 0.05) is 12.8 Å². The first-order valence-electron chi connectivity index (χ1n) is 22.6. The van der Waals surface area contributed by atoms with E-state index in [2.05, 4.69) is 19.2 Å². The predicted octanol–water partition coefficient (Wildman–Crippen LogP) is 11.5. The highest BCUT2D eigenvalue weighted by Gasteiger charge is 2.28. The quantitative estimate of drug-likeness (QED) is 0.0264. The van der Waals surface area contributed by atoms with Crippen LogP contribution in [-0.2, 0) is 32.7 Å². The number of ether oxygens (including phenoxy) is 1. The normalized spacial score (nSPS) is 13.7. The van der Waals surface area contributed by atoms with Crippen LogP contribution in [0.5, 0.6) is 0 Å². The minimum absolute atomic E-state index is 0.153. The van der Waals surface area contributed by atoms with Gasteiger partial charge in [0.2, 0.25) is 5.91 Å². The second kappa shape index (κ2) is 39.3. The summed E-state index contributed by atoms with van der Waals surface area (Å²) in [5.74, 6) is -2.36. The number of nitrogens with one attached hydrogen (secondary N) is 1. The summed E-state index contributed by atoms with van der Waals surface area (Å²) in [7, 11) is -4.74. The summed E-state index contributed by atoms with van der Waals surface area (Å²) in [6, 6.07) is -1.54. The zero-order valence-corrected chi connectivity index (χ0v) is 36.2. The number of unbranched alkanes of at least 4 members (excludes halogenated alkanes) is 29. The molecule has 326 valence electrons. The number of amides is 1. The molecule has 0 aromatic rings. The van der Waals surface area contributed by atoms with Gasteiger partial charge in [0.25, 0.3) is 0 Å². The summed E-state index contributed by atoms with van der Waals surface area (Å²) in [6.07, 6.45) is 37.2. The monoisotopic (exact) mass is 806 g/mol. The first kappa shape index (κ1) is 53.5. The largest absolute Gasteiger partial charge is 0.480 e. The fourth-order valence-electron chi connectivity index (χ4n) is 6.61. The average molecular weight is 806 g/mol. The molecular formula is C43H84NO10P. The Morgan fingerprint density at radius 1 is 0.509 bits per heavy atom. The molecule has 0 aliphatic carbocycles. The van der Waals surface area contributed by atoms with Crippen LogP contribution in [0.25, 0.3) is 0 Å². The smallest absolute Gasteiger partial charge is 0.472 e. The van der Waals surface area contributed by atoms with Crippen molar-refractivity contribution < 1.29 is 47.8 Å². The molecule has 0 spiro atoms. The molecule has 0 aliphatic rings. The van der Waals surface area contributed by atoms with Gasteiger partial charge in [-0.2, -0.15) is 0 Å². The number of aliphatic hydroxyl groups excluding tert-OH is 1. The minimum Gasteiger partial charge on any atom is -0.480 e. The third-order valence-corrected chi connectivity index (χ3v) is 11.1.